The van der Waals surface area contributed by atoms with Gasteiger partial charge in [0, 0.05) is 18.5 Å². The van der Waals surface area contributed by atoms with Crippen LogP contribution in [0.3, 0.4) is 0 Å². The average molecular weight is 399 g/mol. The van der Waals surface area contributed by atoms with Gasteiger partial charge in [0.05, 0.1) is 24.2 Å². The number of halogens is 1. The summed E-state index contributed by atoms with van der Waals surface area (Å²) in [6, 6.07) is 6.22. The summed E-state index contributed by atoms with van der Waals surface area (Å²) < 4.78 is 20.6. The van der Waals surface area contributed by atoms with Gasteiger partial charge in [-0.15, -0.1) is 0 Å². The molecule has 6 nitrogen and oxygen atoms in total. The molecule has 0 radical (unpaired) electrons. The maximum atomic E-state index is 13.3. The maximum absolute atomic E-state index is 13.3. The molecule has 1 aliphatic carbocycles. The number of rotatable bonds is 2. The summed E-state index contributed by atoms with van der Waals surface area (Å²) in [6.07, 6.45) is 4.75. The number of aliphatic hydroxyl groups excluding tert-OH is 1. The molecule has 1 aromatic heterocycles. The monoisotopic (exact) mass is 399 g/mol. The van der Waals surface area contributed by atoms with Crippen molar-refractivity contribution in [2.24, 2.45) is 5.41 Å². The first-order valence-corrected chi connectivity index (χ1v) is 9.83. The van der Waals surface area contributed by atoms with E-state index in [0.717, 1.165) is 22.5 Å². The molecule has 1 amide bonds. The lowest BCUT2D eigenvalue weighted by atomic mass is 9.69. The third-order valence-corrected chi connectivity index (χ3v) is 5.58. The number of carbonyl (C=O) groups is 1. The third-order valence-electron chi connectivity index (χ3n) is 5.58. The predicted octanol–water partition coefficient (Wildman–Crippen LogP) is 3.57. The standard InChI is InChI=1S/C22H26FN3O3/c1-21(2,3)29-20(28)25-9-8-16-10-19-15(11-22(16,13-25)14-27)12-24-26(19)18-6-4-17(23)5-7-18/h4-7,10,12,27H,8-9,11,13-14H2,1-3H3. The summed E-state index contributed by atoms with van der Waals surface area (Å²) in [7, 11) is 0. The smallest absolute Gasteiger partial charge is 0.410 e. The van der Waals surface area contributed by atoms with Crippen molar-refractivity contribution in [2.75, 3.05) is 19.7 Å². The summed E-state index contributed by atoms with van der Waals surface area (Å²) in [4.78, 5) is 14.3. The molecule has 1 atom stereocenters. The highest BCUT2D eigenvalue weighted by Gasteiger charge is 2.44. The van der Waals surface area contributed by atoms with E-state index in [1.807, 2.05) is 20.8 Å². The molecular weight excluding hydrogens is 373 g/mol. The van der Waals surface area contributed by atoms with Crippen molar-refractivity contribution in [2.45, 2.75) is 39.2 Å². The molecule has 2 heterocycles. The van der Waals surface area contributed by atoms with Gasteiger partial charge in [0.25, 0.3) is 0 Å². The van der Waals surface area contributed by atoms with Crippen LogP contribution in [0.2, 0.25) is 0 Å². The zero-order valence-electron chi connectivity index (χ0n) is 17.0. The quantitative estimate of drug-likeness (QED) is 0.838. The fourth-order valence-corrected chi connectivity index (χ4v) is 4.15. The summed E-state index contributed by atoms with van der Waals surface area (Å²) >= 11 is 0. The van der Waals surface area contributed by atoms with Gasteiger partial charge in [0.15, 0.2) is 0 Å². The second-order valence-electron chi connectivity index (χ2n) is 8.88. The molecule has 0 saturated carbocycles. The lowest BCUT2D eigenvalue weighted by Gasteiger charge is -2.45. The number of aromatic nitrogens is 2. The average Bonchev–Trinajstić information content (AvgIpc) is 3.07. The van der Waals surface area contributed by atoms with Crippen LogP contribution in [-0.4, -0.2) is 51.2 Å². The molecule has 1 aliphatic heterocycles. The van der Waals surface area contributed by atoms with Crippen molar-refractivity contribution in [3.05, 3.63) is 53.1 Å². The Balaban J connectivity index is 1.63. The second-order valence-corrected chi connectivity index (χ2v) is 8.88. The van der Waals surface area contributed by atoms with E-state index in [9.17, 15) is 14.3 Å². The minimum atomic E-state index is -0.560. The molecule has 0 spiro atoms. The molecule has 154 valence electrons. The van der Waals surface area contributed by atoms with Crippen LogP contribution in [0.15, 0.2) is 36.0 Å². The topological polar surface area (TPSA) is 67.6 Å². The molecule has 0 bridgehead atoms. The van der Waals surface area contributed by atoms with Gasteiger partial charge in [0.1, 0.15) is 11.4 Å². The molecule has 4 rings (SSSR count). The number of benzene rings is 1. The van der Waals surface area contributed by atoms with E-state index in [4.69, 9.17) is 4.74 Å². The minimum absolute atomic E-state index is 0.0563. The van der Waals surface area contributed by atoms with E-state index in [2.05, 4.69) is 11.2 Å². The highest BCUT2D eigenvalue weighted by atomic mass is 19.1. The number of amides is 1. The highest BCUT2D eigenvalue weighted by molar-refractivity contribution is 5.70. The SMILES string of the molecule is CC(C)(C)OC(=O)N1CCC2=Cc3c(cnn3-c3ccc(F)cc3)CC2(CO)C1. The Labute approximate surface area is 169 Å². The molecule has 2 aromatic rings. The van der Waals surface area contributed by atoms with Crippen LogP contribution < -0.4 is 0 Å². The molecule has 1 N–H and O–H groups in total. The highest BCUT2D eigenvalue weighted by Crippen LogP contribution is 2.44. The first-order valence-electron chi connectivity index (χ1n) is 9.83. The van der Waals surface area contributed by atoms with Crippen LogP contribution in [0, 0.1) is 11.2 Å². The Morgan fingerprint density at radius 1 is 1.31 bits per heavy atom. The number of nitrogens with zero attached hydrogens (tertiary/aromatic N) is 3. The van der Waals surface area contributed by atoms with Crippen molar-refractivity contribution < 1.29 is 19.0 Å². The van der Waals surface area contributed by atoms with Crippen LogP contribution in [0.4, 0.5) is 9.18 Å². The fraction of sp³-hybridized carbons (Fsp3) is 0.455. The summed E-state index contributed by atoms with van der Waals surface area (Å²) in [5, 5.41) is 14.8. The van der Waals surface area contributed by atoms with Gasteiger partial charge in [0.2, 0.25) is 0 Å². The van der Waals surface area contributed by atoms with Gasteiger partial charge < -0.3 is 14.7 Å². The number of piperidine rings is 1. The van der Waals surface area contributed by atoms with Crippen LogP contribution >= 0.6 is 0 Å². The summed E-state index contributed by atoms with van der Waals surface area (Å²) in [5.41, 5.74) is 2.75. The number of hydrogen-bond acceptors (Lipinski definition) is 4. The number of hydrogen-bond donors (Lipinski definition) is 1. The molecular formula is C22H26FN3O3. The predicted molar refractivity (Wildman–Crippen MR) is 107 cm³/mol. The maximum Gasteiger partial charge on any atom is 0.410 e. The number of aliphatic hydroxyl groups is 1. The first-order chi connectivity index (χ1) is 13.7. The minimum Gasteiger partial charge on any atom is -0.444 e. The van der Waals surface area contributed by atoms with Gasteiger partial charge in [-0.2, -0.15) is 5.10 Å². The first kappa shape index (κ1) is 19.6. The van der Waals surface area contributed by atoms with Gasteiger partial charge in [-0.1, -0.05) is 5.57 Å². The Morgan fingerprint density at radius 2 is 2.03 bits per heavy atom. The van der Waals surface area contributed by atoms with Crippen LogP contribution in [0.5, 0.6) is 0 Å². The molecule has 1 unspecified atom stereocenters. The number of fused-ring (bicyclic) bond motifs is 2. The Hall–Kier alpha value is -2.67. The van der Waals surface area contributed by atoms with Gasteiger partial charge in [-0.3, -0.25) is 0 Å². The second kappa shape index (κ2) is 6.99. The van der Waals surface area contributed by atoms with E-state index < -0.39 is 11.0 Å². The molecule has 7 heteroatoms. The fourth-order valence-electron chi connectivity index (χ4n) is 4.15. The van der Waals surface area contributed by atoms with Crippen molar-refractivity contribution in [3.63, 3.8) is 0 Å². The molecule has 1 fully saturated rings. The molecule has 1 saturated heterocycles. The van der Waals surface area contributed by atoms with E-state index in [-0.39, 0.29) is 18.5 Å². The summed E-state index contributed by atoms with van der Waals surface area (Å²) in [6.45, 7) is 6.43. The Bertz CT molecular complexity index is 959. The Kier molecular flexibility index (Phi) is 4.73. The lowest BCUT2D eigenvalue weighted by Crippen LogP contribution is -2.52. The third kappa shape index (κ3) is 3.67. The summed E-state index contributed by atoms with van der Waals surface area (Å²) in [5.74, 6) is -0.290. The van der Waals surface area contributed by atoms with Crippen molar-refractivity contribution >= 4 is 12.2 Å². The van der Waals surface area contributed by atoms with E-state index in [0.29, 0.717) is 25.9 Å². The van der Waals surface area contributed by atoms with Crippen LogP contribution in [0.1, 0.15) is 38.4 Å². The van der Waals surface area contributed by atoms with Gasteiger partial charge in [-0.25, -0.2) is 13.9 Å². The van der Waals surface area contributed by atoms with E-state index in [1.165, 1.54) is 12.1 Å². The van der Waals surface area contributed by atoms with E-state index >= 15 is 0 Å². The van der Waals surface area contributed by atoms with Gasteiger partial charge >= 0.3 is 6.09 Å². The normalized spacial score (nSPS) is 21.3. The van der Waals surface area contributed by atoms with Crippen LogP contribution in [-0.2, 0) is 11.2 Å². The molecule has 29 heavy (non-hydrogen) atoms. The zero-order chi connectivity index (χ0) is 20.8. The molecule has 1 aromatic carbocycles. The number of ether oxygens (including phenoxy) is 1. The molecule has 2 aliphatic rings. The number of carbonyl (C=O) groups excluding carboxylic acids is 1. The van der Waals surface area contributed by atoms with E-state index in [1.54, 1.807) is 27.9 Å². The van der Waals surface area contributed by atoms with Gasteiger partial charge in [-0.05, 0) is 69.5 Å². The largest absolute Gasteiger partial charge is 0.444 e. The number of likely N-dealkylation sites (tertiary alicyclic amines) is 1. The zero-order valence-corrected chi connectivity index (χ0v) is 17.0. The Morgan fingerprint density at radius 3 is 2.69 bits per heavy atom. The van der Waals surface area contributed by atoms with Crippen molar-refractivity contribution in [1.82, 2.24) is 14.7 Å². The van der Waals surface area contributed by atoms with Crippen LogP contribution in [0.25, 0.3) is 11.8 Å². The van der Waals surface area contributed by atoms with Crippen molar-refractivity contribution in [3.8, 4) is 5.69 Å². The van der Waals surface area contributed by atoms with Crippen molar-refractivity contribution in [1.29, 1.82) is 0 Å². The lowest BCUT2D eigenvalue weighted by molar-refractivity contribution is 0.00583.